The van der Waals surface area contributed by atoms with Gasteiger partial charge in [0.1, 0.15) is 10.9 Å². The molecular weight excluding hydrogens is 561 g/mol. The topological polar surface area (TPSA) is 130 Å². The van der Waals surface area contributed by atoms with Gasteiger partial charge in [0, 0.05) is 29.1 Å². The number of anilines is 1. The zero-order chi connectivity index (χ0) is 30.5. The molecule has 0 saturated carbocycles. The molecule has 0 radical (unpaired) electrons. The van der Waals surface area contributed by atoms with Crippen LogP contribution in [0, 0.1) is 12.8 Å². The first-order chi connectivity index (χ1) is 19.2. The molecule has 1 aromatic heterocycles. The number of carbonyl (C=O) groups excluding carboxylic acids is 3. The summed E-state index contributed by atoms with van der Waals surface area (Å²) in [7, 11) is 0. The molecule has 0 aliphatic heterocycles. The number of carboxylic acid groups (broad SMARTS) is 1. The number of aliphatic carboxylic acids is 1. The van der Waals surface area contributed by atoms with E-state index < -0.39 is 41.5 Å². The summed E-state index contributed by atoms with van der Waals surface area (Å²) < 4.78 is 40.6. The van der Waals surface area contributed by atoms with E-state index in [4.69, 9.17) is 5.11 Å². The summed E-state index contributed by atoms with van der Waals surface area (Å²) in [6.45, 7) is 7.58. The maximum atomic E-state index is 13.0. The van der Waals surface area contributed by atoms with Crippen LogP contribution in [0.15, 0.2) is 53.5 Å². The van der Waals surface area contributed by atoms with Gasteiger partial charge in [-0.05, 0) is 68.7 Å². The monoisotopic (exact) mass is 590 g/mol. The van der Waals surface area contributed by atoms with Gasteiger partial charge >= 0.3 is 12.1 Å². The Kier molecular flexibility index (Phi) is 9.87. The Bertz CT molecular complexity index is 1520. The van der Waals surface area contributed by atoms with Crippen molar-refractivity contribution in [3.8, 4) is 0 Å². The summed E-state index contributed by atoms with van der Waals surface area (Å²) in [6, 6.07) is 8.58. The average Bonchev–Trinajstić information content (AvgIpc) is 3.21. The molecule has 1 heterocycles. The number of carboxylic acids is 1. The van der Waals surface area contributed by atoms with Crippen LogP contribution in [0.4, 0.5) is 18.9 Å². The maximum absolute atomic E-state index is 13.0. The highest BCUT2D eigenvalue weighted by molar-refractivity contribution is 7.11. The van der Waals surface area contributed by atoms with E-state index >= 15 is 0 Å². The van der Waals surface area contributed by atoms with Gasteiger partial charge in [0.25, 0.3) is 17.7 Å². The van der Waals surface area contributed by atoms with Gasteiger partial charge in [-0.15, -0.1) is 0 Å². The molecule has 3 amide bonds. The van der Waals surface area contributed by atoms with E-state index in [0.717, 1.165) is 36.0 Å². The number of hydrogen-bond donors (Lipinski definition) is 3. The number of nitrogens with one attached hydrogen (secondary N) is 2. The van der Waals surface area contributed by atoms with Crippen LogP contribution in [-0.2, 0) is 17.5 Å². The second-order valence-electron chi connectivity index (χ2n) is 9.69. The predicted molar refractivity (Wildman–Crippen MR) is 147 cm³/mol. The van der Waals surface area contributed by atoms with E-state index in [1.807, 2.05) is 13.8 Å². The normalized spacial score (nSPS) is 12.7. The highest BCUT2D eigenvalue weighted by Gasteiger charge is 2.31. The summed E-state index contributed by atoms with van der Waals surface area (Å²) >= 11 is 0.968. The lowest BCUT2D eigenvalue weighted by molar-refractivity contribution is -0.139. The van der Waals surface area contributed by atoms with E-state index in [1.165, 1.54) is 37.3 Å². The second kappa shape index (κ2) is 12.9. The van der Waals surface area contributed by atoms with Gasteiger partial charge in [0.2, 0.25) is 0 Å². The highest BCUT2D eigenvalue weighted by Crippen LogP contribution is 2.29. The van der Waals surface area contributed by atoms with E-state index in [0.29, 0.717) is 18.2 Å². The number of benzene rings is 2. The Hall–Kier alpha value is -4.26. The minimum Gasteiger partial charge on any atom is -0.480 e. The summed E-state index contributed by atoms with van der Waals surface area (Å²) in [5.41, 5.74) is -0.140. The zero-order valence-electron chi connectivity index (χ0n) is 22.7. The van der Waals surface area contributed by atoms with Crippen molar-refractivity contribution in [2.45, 2.75) is 52.9 Å². The molecule has 0 saturated heterocycles. The van der Waals surface area contributed by atoms with Crippen molar-refractivity contribution < 1.29 is 37.5 Å². The number of halogens is 3. The van der Waals surface area contributed by atoms with Gasteiger partial charge in [-0.3, -0.25) is 19.2 Å². The third-order valence-corrected chi connectivity index (χ3v) is 7.23. The van der Waals surface area contributed by atoms with E-state index in [1.54, 1.807) is 11.5 Å². The summed E-state index contributed by atoms with van der Waals surface area (Å²) in [6.07, 6.45) is -3.84. The molecule has 13 heteroatoms. The fourth-order valence-electron chi connectivity index (χ4n) is 3.64. The van der Waals surface area contributed by atoms with Crippen LogP contribution >= 0.6 is 11.3 Å². The summed E-state index contributed by atoms with van der Waals surface area (Å²) in [5, 5.41) is 14.0. The van der Waals surface area contributed by atoms with Crippen molar-refractivity contribution in [1.82, 2.24) is 9.88 Å². The van der Waals surface area contributed by atoms with Gasteiger partial charge in [-0.25, -0.2) is 0 Å². The minimum atomic E-state index is -4.59. The Balaban J connectivity index is 1.84. The smallest absolute Gasteiger partial charge is 0.416 e. The van der Waals surface area contributed by atoms with Crippen molar-refractivity contribution >= 4 is 40.7 Å². The Labute approximate surface area is 237 Å². The van der Waals surface area contributed by atoms with Gasteiger partial charge in [-0.2, -0.15) is 18.2 Å². The lowest BCUT2D eigenvalue weighted by Crippen LogP contribution is -2.38. The first-order valence-electron chi connectivity index (χ1n) is 12.6. The molecule has 3 rings (SSSR count). The largest absolute Gasteiger partial charge is 0.480 e. The molecule has 41 heavy (non-hydrogen) atoms. The molecule has 0 aliphatic carbocycles. The Morgan fingerprint density at radius 3 is 2.24 bits per heavy atom. The third kappa shape index (κ3) is 8.13. The van der Waals surface area contributed by atoms with Gasteiger partial charge in [-0.1, -0.05) is 31.3 Å². The fourth-order valence-corrected chi connectivity index (χ4v) is 4.70. The van der Waals surface area contributed by atoms with E-state index in [-0.39, 0.29) is 26.5 Å². The Morgan fingerprint density at radius 2 is 1.66 bits per heavy atom. The van der Waals surface area contributed by atoms with Crippen molar-refractivity contribution in [2.24, 2.45) is 10.9 Å². The molecule has 218 valence electrons. The number of alkyl halides is 3. The van der Waals surface area contributed by atoms with Crippen molar-refractivity contribution in [3.63, 3.8) is 0 Å². The van der Waals surface area contributed by atoms with Gasteiger partial charge in [0.15, 0.2) is 4.80 Å². The number of hydrogen-bond acceptors (Lipinski definition) is 5. The van der Waals surface area contributed by atoms with E-state index in [9.17, 15) is 32.3 Å². The summed E-state index contributed by atoms with van der Waals surface area (Å²) in [4.78, 5) is 54.1. The molecule has 3 aromatic rings. The Morgan fingerprint density at radius 1 is 1.00 bits per heavy atom. The second-order valence-corrected chi connectivity index (χ2v) is 10.7. The number of nitrogens with zero attached hydrogens (tertiary/aromatic N) is 2. The van der Waals surface area contributed by atoms with Crippen LogP contribution < -0.4 is 15.4 Å². The van der Waals surface area contributed by atoms with Gasteiger partial charge < -0.3 is 20.3 Å². The van der Waals surface area contributed by atoms with Crippen molar-refractivity contribution in [2.75, 3.05) is 5.32 Å². The van der Waals surface area contributed by atoms with E-state index in [2.05, 4.69) is 15.6 Å². The van der Waals surface area contributed by atoms with Crippen molar-refractivity contribution in [1.29, 1.82) is 0 Å². The molecule has 0 fully saturated rings. The predicted octanol–water partition coefficient (Wildman–Crippen LogP) is 5.12. The first-order valence-corrected chi connectivity index (χ1v) is 13.4. The maximum Gasteiger partial charge on any atom is 0.416 e. The van der Waals surface area contributed by atoms with Crippen LogP contribution in [-0.4, -0.2) is 39.4 Å². The molecule has 9 nitrogen and oxygen atoms in total. The molecule has 0 bridgehead atoms. The lowest BCUT2D eigenvalue weighted by atomic mass is 10.1. The van der Waals surface area contributed by atoms with Crippen LogP contribution in [0.3, 0.4) is 0 Å². The molecule has 3 N–H and O–H groups in total. The number of rotatable bonds is 9. The van der Waals surface area contributed by atoms with Crippen LogP contribution in [0.25, 0.3) is 0 Å². The first kappa shape index (κ1) is 31.3. The molecule has 0 spiro atoms. The number of carbonyl (C=O) groups is 4. The molecule has 1 atom stereocenters. The highest BCUT2D eigenvalue weighted by atomic mass is 32.1. The standard InChI is InChI=1S/C28H29F3N4O5S/c1-15(2)12-13-35-17(4)22(25(38)32-16(3)26(39)40)41-27(35)34-23(36)18-8-10-21(11-9-18)33-24(37)19-6-5-7-20(14-19)28(29,30)31/h5-11,14-16H,12-13H2,1-4H3,(H,32,38)(H,33,37)(H,39,40). The van der Waals surface area contributed by atoms with Crippen LogP contribution in [0.2, 0.25) is 0 Å². The van der Waals surface area contributed by atoms with Crippen LogP contribution in [0.5, 0.6) is 0 Å². The molecule has 0 aliphatic rings. The van der Waals surface area contributed by atoms with Gasteiger partial charge in [0.05, 0.1) is 5.56 Å². The number of thiazole rings is 1. The molecule has 1 unspecified atom stereocenters. The summed E-state index contributed by atoms with van der Waals surface area (Å²) in [5.74, 6) is -2.81. The zero-order valence-corrected chi connectivity index (χ0v) is 23.5. The minimum absolute atomic E-state index is 0.174. The van der Waals surface area contributed by atoms with Crippen LogP contribution in [0.1, 0.15) is 68.8 Å². The SMILES string of the molecule is Cc1c(C(=O)NC(C)C(=O)O)sc(=NC(=O)c2ccc(NC(=O)c3cccc(C(F)(F)F)c3)cc2)n1CCC(C)C. The molecular formula is C28H29F3N4O5S. The quantitative estimate of drug-likeness (QED) is 0.319. The average molecular weight is 591 g/mol. The number of aromatic nitrogens is 1. The lowest BCUT2D eigenvalue weighted by Gasteiger charge is -2.10. The molecule has 2 aromatic carbocycles. The number of amides is 3. The van der Waals surface area contributed by atoms with Crippen molar-refractivity contribution in [3.05, 3.63) is 80.6 Å². The third-order valence-electron chi connectivity index (χ3n) is 6.05. The fraction of sp³-hybridized carbons (Fsp3) is 0.321.